The van der Waals surface area contributed by atoms with E-state index in [1.807, 2.05) is 0 Å². The molecule has 4 nitrogen and oxygen atoms in total. The monoisotopic (exact) mass is 214 g/mol. The number of nitrogens with one attached hydrogen (secondary N) is 2. The highest BCUT2D eigenvalue weighted by Crippen LogP contribution is 2.16. The minimum absolute atomic E-state index is 0.0832. The Morgan fingerprint density at radius 3 is 2.67 bits per heavy atom. The fourth-order valence-corrected chi connectivity index (χ4v) is 1.93. The Hall–Kier alpha value is -0.610. The molecule has 1 amide bonds. The van der Waals surface area contributed by atoms with Crippen LogP contribution in [0.1, 0.15) is 38.5 Å². The molecule has 0 aliphatic heterocycles. The molecule has 0 aromatic heterocycles. The van der Waals surface area contributed by atoms with Crippen LogP contribution in [0, 0.1) is 0 Å². The Balaban J connectivity index is 2.01. The van der Waals surface area contributed by atoms with Crippen molar-refractivity contribution in [2.45, 2.75) is 44.6 Å². The lowest BCUT2D eigenvalue weighted by atomic mass is 9.95. The predicted octanol–water partition coefficient (Wildman–Crippen LogP) is 0.407. The van der Waals surface area contributed by atoms with E-state index in [1.54, 1.807) is 0 Å². The summed E-state index contributed by atoms with van der Waals surface area (Å²) < 4.78 is 0. The van der Waals surface area contributed by atoms with Gasteiger partial charge in [0.05, 0.1) is 6.54 Å². The van der Waals surface area contributed by atoms with Gasteiger partial charge in [-0.3, -0.25) is 4.79 Å². The standard InChI is InChI=1S/C11H22N2O2/c14-8-4-7-12-9-11(15)13-10-5-2-1-3-6-10/h10,12,14H,1-9H2,(H,13,15). The summed E-state index contributed by atoms with van der Waals surface area (Å²) in [5.41, 5.74) is 0. The van der Waals surface area contributed by atoms with Crippen molar-refractivity contribution >= 4 is 5.91 Å². The Kier molecular flexibility index (Phi) is 6.36. The summed E-state index contributed by atoms with van der Waals surface area (Å²) in [7, 11) is 0. The van der Waals surface area contributed by atoms with Gasteiger partial charge in [-0.15, -0.1) is 0 Å². The van der Waals surface area contributed by atoms with Crippen molar-refractivity contribution in [1.29, 1.82) is 0 Å². The first kappa shape index (κ1) is 12.5. The van der Waals surface area contributed by atoms with Crippen LogP contribution in [0.25, 0.3) is 0 Å². The van der Waals surface area contributed by atoms with Crippen LogP contribution in [0.3, 0.4) is 0 Å². The quantitative estimate of drug-likeness (QED) is 0.561. The number of rotatable bonds is 6. The molecule has 0 aromatic carbocycles. The van der Waals surface area contributed by atoms with Gasteiger partial charge in [0.15, 0.2) is 0 Å². The molecule has 88 valence electrons. The number of hydrogen-bond acceptors (Lipinski definition) is 3. The van der Waals surface area contributed by atoms with E-state index in [0.29, 0.717) is 25.6 Å². The smallest absolute Gasteiger partial charge is 0.234 e. The highest BCUT2D eigenvalue weighted by molar-refractivity contribution is 5.78. The Morgan fingerprint density at radius 2 is 2.00 bits per heavy atom. The first-order chi connectivity index (χ1) is 7.33. The lowest BCUT2D eigenvalue weighted by molar-refractivity contribution is -0.121. The lowest BCUT2D eigenvalue weighted by Gasteiger charge is -2.22. The first-order valence-corrected chi connectivity index (χ1v) is 5.94. The van der Waals surface area contributed by atoms with Gasteiger partial charge in [0.2, 0.25) is 5.91 Å². The van der Waals surface area contributed by atoms with Gasteiger partial charge in [-0.05, 0) is 25.8 Å². The molecule has 1 fully saturated rings. The molecule has 15 heavy (non-hydrogen) atoms. The van der Waals surface area contributed by atoms with Gasteiger partial charge >= 0.3 is 0 Å². The molecule has 0 aromatic rings. The van der Waals surface area contributed by atoms with E-state index in [-0.39, 0.29) is 12.5 Å². The Labute approximate surface area is 91.4 Å². The normalized spacial score (nSPS) is 17.7. The number of amides is 1. The molecule has 0 atom stereocenters. The summed E-state index contributed by atoms with van der Waals surface area (Å²) in [6, 6.07) is 0.394. The second-order valence-corrected chi connectivity index (χ2v) is 4.16. The third-order valence-electron chi connectivity index (χ3n) is 2.77. The topological polar surface area (TPSA) is 61.4 Å². The molecule has 3 N–H and O–H groups in total. The highest BCUT2D eigenvalue weighted by Gasteiger charge is 2.14. The first-order valence-electron chi connectivity index (χ1n) is 5.94. The van der Waals surface area contributed by atoms with Crippen molar-refractivity contribution in [1.82, 2.24) is 10.6 Å². The molecular formula is C11H22N2O2. The second-order valence-electron chi connectivity index (χ2n) is 4.16. The van der Waals surface area contributed by atoms with Crippen molar-refractivity contribution in [2.75, 3.05) is 19.7 Å². The van der Waals surface area contributed by atoms with E-state index >= 15 is 0 Å². The number of hydrogen-bond donors (Lipinski definition) is 3. The second kappa shape index (κ2) is 7.65. The van der Waals surface area contributed by atoms with Crippen LogP contribution in [0.4, 0.5) is 0 Å². The fourth-order valence-electron chi connectivity index (χ4n) is 1.93. The Morgan fingerprint density at radius 1 is 1.27 bits per heavy atom. The molecule has 0 spiro atoms. The molecule has 0 radical (unpaired) electrons. The lowest BCUT2D eigenvalue weighted by Crippen LogP contribution is -2.41. The van der Waals surface area contributed by atoms with Crippen molar-refractivity contribution in [3.63, 3.8) is 0 Å². The van der Waals surface area contributed by atoms with Crippen molar-refractivity contribution in [2.24, 2.45) is 0 Å². The van der Waals surface area contributed by atoms with Crippen LogP contribution in [-0.4, -0.2) is 36.8 Å². The van der Waals surface area contributed by atoms with Gasteiger partial charge in [-0.1, -0.05) is 19.3 Å². The summed E-state index contributed by atoms with van der Waals surface area (Å²) >= 11 is 0. The van der Waals surface area contributed by atoms with Crippen molar-refractivity contribution in [3.8, 4) is 0 Å². The van der Waals surface area contributed by atoms with E-state index in [1.165, 1.54) is 19.3 Å². The molecule has 1 aliphatic rings. The van der Waals surface area contributed by atoms with Crippen LogP contribution >= 0.6 is 0 Å². The summed E-state index contributed by atoms with van der Waals surface area (Å²) in [5, 5.41) is 14.6. The van der Waals surface area contributed by atoms with Gasteiger partial charge in [-0.2, -0.15) is 0 Å². The maximum Gasteiger partial charge on any atom is 0.234 e. The largest absolute Gasteiger partial charge is 0.396 e. The van der Waals surface area contributed by atoms with E-state index in [2.05, 4.69) is 10.6 Å². The minimum Gasteiger partial charge on any atom is -0.396 e. The predicted molar refractivity (Wildman–Crippen MR) is 59.6 cm³/mol. The van der Waals surface area contributed by atoms with Crippen LogP contribution in [-0.2, 0) is 4.79 Å². The number of aliphatic hydroxyl groups is 1. The molecule has 1 saturated carbocycles. The van der Waals surface area contributed by atoms with E-state index in [9.17, 15) is 4.79 Å². The fraction of sp³-hybridized carbons (Fsp3) is 0.909. The maximum absolute atomic E-state index is 11.4. The highest BCUT2D eigenvalue weighted by atomic mass is 16.3. The van der Waals surface area contributed by atoms with Gasteiger partial charge in [0, 0.05) is 12.6 Å². The van der Waals surface area contributed by atoms with Gasteiger partial charge in [0.1, 0.15) is 0 Å². The molecule has 0 bridgehead atoms. The molecule has 0 heterocycles. The van der Waals surface area contributed by atoms with E-state index < -0.39 is 0 Å². The molecule has 0 saturated heterocycles. The van der Waals surface area contributed by atoms with Gasteiger partial charge < -0.3 is 15.7 Å². The number of carbonyl (C=O) groups is 1. The minimum atomic E-state index is 0.0832. The average Bonchev–Trinajstić information content (AvgIpc) is 2.26. The van der Waals surface area contributed by atoms with E-state index in [0.717, 1.165) is 12.8 Å². The molecular weight excluding hydrogens is 192 g/mol. The average molecular weight is 214 g/mol. The van der Waals surface area contributed by atoms with Crippen LogP contribution < -0.4 is 10.6 Å². The Bertz CT molecular complexity index is 179. The SMILES string of the molecule is O=C(CNCCCO)NC1CCCCC1. The zero-order valence-electron chi connectivity index (χ0n) is 9.30. The number of aliphatic hydroxyl groups excluding tert-OH is 1. The zero-order valence-corrected chi connectivity index (χ0v) is 9.30. The summed E-state index contributed by atoms with van der Waals surface area (Å²) in [6.45, 7) is 1.25. The third kappa shape index (κ3) is 5.74. The summed E-state index contributed by atoms with van der Waals surface area (Å²) in [6.07, 6.45) is 6.74. The molecule has 0 unspecified atom stereocenters. The van der Waals surface area contributed by atoms with Crippen LogP contribution in [0.15, 0.2) is 0 Å². The van der Waals surface area contributed by atoms with Crippen molar-refractivity contribution < 1.29 is 9.90 Å². The zero-order chi connectivity index (χ0) is 10.9. The number of carbonyl (C=O) groups excluding carboxylic acids is 1. The van der Waals surface area contributed by atoms with Crippen LogP contribution in [0.5, 0.6) is 0 Å². The van der Waals surface area contributed by atoms with Crippen LogP contribution in [0.2, 0.25) is 0 Å². The summed E-state index contributed by atoms with van der Waals surface area (Å²) in [4.78, 5) is 11.4. The molecule has 4 heteroatoms. The van der Waals surface area contributed by atoms with E-state index in [4.69, 9.17) is 5.11 Å². The van der Waals surface area contributed by atoms with Gasteiger partial charge in [0.25, 0.3) is 0 Å². The van der Waals surface area contributed by atoms with Gasteiger partial charge in [-0.25, -0.2) is 0 Å². The van der Waals surface area contributed by atoms with Crippen molar-refractivity contribution in [3.05, 3.63) is 0 Å². The molecule has 1 rings (SSSR count). The third-order valence-corrected chi connectivity index (χ3v) is 2.77. The summed E-state index contributed by atoms with van der Waals surface area (Å²) in [5.74, 6) is 0.0832. The maximum atomic E-state index is 11.4. The molecule has 1 aliphatic carbocycles.